The number of thioether (sulfide) groups is 1. The fraction of sp³-hybridized carbons (Fsp3) is 0.190. The molecule has 0 aliphatic rings. The highest BCUT2D eigenvalue weighted by Gasteiger charge is 2.16. The molecule has 6 heteroatoms. The Morgan fingerprint density at radius 2 is 1.96 bits per heavy atom. The van der Waals surface area contributed by atoms with Crippen LogP contribution in [0.5, 0.6) is 5.75 Å². The number of aromatic nitrogens is 3. The van der Waals surface area contributed by atoms with Crippen LogP contribution in [0.15, 0.2) is 65.7 Å². The van der Waals surface area contributed by atoms with Crippen molar-refractivity contribution in [3.63, 3.8) is 0 Å². The summed E-state index contributed by atoms with van der Waals surface area (Å²) >= 11 is 5.40. The SMILES string of the molecule is Cn1c(CSCc2ccccc2)cc2c(Cn3ccnc3)c(O)c(Br)cc21. The zero-order valence-electron chi connectivity index (χ0n) is 15.0. The topological polar surface area (TPSA) is 43.0 Å². The highest BCUT2D eigenvalue weighted by Crippen LogP contribution is 2.37. The summed E-state index contributed by atoms with van der Waals surface area (Å²) in [6.45, 7) is 0.586. The number of nitrogens with zero attached hydrogens (tertiary/aromatic N) is 3. The van der Waals surface area contributed by atoms with Crippen LogP contribution < -0.4 is 0 Å². The van der Waals surface area contributed by atoms with E-state index in [0.717, 1.165) is 32.4 Å². The smallest absolute Gasteiger partial charge is 0.135 e. The van der Waals surface area contributed by atoms with Crippen molar-refractivity contribution in [2.75, 3.05) is 0 Å². The molecule has 4 rings (SSSR count). The average Bonchev–Trinajstić information content (AvgIpc) is 3.29. The fourth-order valence-electron chi connectivity index (χ4n) is 3.26. The van der Waals surface area contributed by atoms with Gasteiger partial charge in [-0.1, -0.05) is 30.3 Å². The third kappa shape index (κ3) is 3.77. The maximum absolute atomic E-state index is 10.6. The van der Waals surface area contributed by atoms with Crippen molar-refractivity contribution >= 4 is 38.6 Å². The summed E-state index contributed by atoms with van der Waals surface area (Å²) in [7, 11) is 2.09. The first-order valence-electron chi connectivity index (χ1n) is 8.69. The average molecular weight is 442 g/mol. The molecule has 0 saturated carbocycles. The first-order valence-corrected chi connectivity index (χ1v) is 10.6. The second kappa shape index (κ2) is 7.82. The molecule has 138 valence electrons. The first-order chi connectivity index (χ1) is 13.1. The highest BCUT2D eigenvalue weighted by molar-refractivity contribution is 9.10. The molecule has 0 saturated heterocycles. The van der Waals surface area contributed by atoms with E-state index in [1.54, 1.807) is 12.5 Å². The van der Waals surface area contributed by atoms with Gasteiger partial charge in [0, 0.05) is 53.1 Å². The van der Waals surface area contributed by atoms with Crippen LogP contribution in [-0.2, 0) is 25.1 Å². The molecule has 4 nitrogen and oxygen atoms in total. The van der Waals surface area contributed by atoms with E-state index < -0.39 is 0 Å². The monoisotopic (exact) mass is 441 g/mol. The van der Waals surface area contributed by atoms with E-state index in [2.05, 4.69) is 62.9 Å². The molecule has 4 aromatic rings. The van der Waals surface area contributed by atoms with Crippen LogP contribution in [-0.4, -0.2) is 19.2 Å². The van der Waals surface area contributed by atoms with Gasteiger partial charge in [-0.3, -0.25) is 0 Å². The van der Waals surface area contributed by atoms with Gasteiger partial charge in [0.05, 0.1) is 17.3 Å². The highest BCUT2D eigenvalue weighted by atomic mass is 79.9. The molecule has 1 N–H and O–H groups in total. The Labute approximate surface area is 171 Å². The summed E-state index contributed by atoms with van der Waals surface area (Å²) in [6, 6.07) is 14.7. The number of phenols is 1. The van der Waals surface area contributed by atoms with Crippen molar-refractivity contribution in [3.05, 3.63) is 82.5 Å². The Hall–Kier alpha value is -2.18. The minimum absolute atomic E-state index is 0.297. The van der Waals surface area contributed by atoms with Crippen LogP contribution in [0.1, 0.15) is 16.8 Å². The number of halogens is 1. The lowest BCUT2D eigenvalue weighted by Crippen LogP contribution is -1.99. The van der Waals surface area contributed by atoms with E-state index in [9.17, 15) is 5.11 Å². The quantitative estimate of drug-likeness (QED) is 0.439. The lowest BCUT2D eigenvalue weighted by molar-refractivity contribution is 0.464. The molecule has 2 heterocycles. The van der Waals surface area contributed by atoms with Gasteiger partial charge in [0.25, 0.3) is 0 Å². The Morgan fingerprint density at radius 3 is 2.70 bits per heavy atom. The lowest BCUT2D eigenvalue weighted by Gasteiger charge is -2.10. The summed E-state index contributed by atoms with van der Waals surface area (Å²) in [5, 5.41) is 11.7. The van der Waals surface area contributed by atoms with Gasteiger partial charge >= 0.3 is 0 Å². The first kappa shape index (κ1) is 18.2. The Bertz CT molecular complexity index is 1060. The molecule has 27 heavy (non-hydrogen) atoms. The van der Waals surface area contributed by atoms with Gasteiger partial charge in [-0.05, 0) is 33.6 Å². The Balaban J connectivity index is 1.64. The maximum atomic E-state index is 10.6. The predicted molar refractivity (Wildman–Crippen MR) is 115 cm³/mol. The number of hydrogen-bond donors (Lipinski definition) is 1. The fourth-order valence-corrected chi connectivity index (χ4v) is 4.73. The van der Waals surface area contributed by atoms with E-state index in [1.165, 1.54) is 11.3 Å². The molecule has 0 aliphatic heterocycles. The Morgan fingerprint density at radius 1 is 1.15 bits per heavy atom. The number of benzene rings is 2. The summed E-state index contributed by atoms with van der Waals surface area (Å²) in [4.78, 5) is 4.10. The van der Waals surface area contributed by atoms with Gasteiger partial charge < -0.3 is 14.2 Å². The molecule has 0 bridgehead atoms. The Kier molecular flexibility index (Phi) is 5.27. The van der Waals surface area contributed by atoms with Crippen molar-refractivity contribution in [1.82, 2.24) is 14.1 Å². The predicted octanol–water partition coefficient (Wildman–Crippen LogP) is 5.32. The molecule has 0 fully saturated rings. The van der Waals surface area contributed by atoms with E-state index >= 15 is 0 Å². The van der Waals surface area contributed by atoms with Crippen LogP contribution >= 0.6 is 27.7 Å². The van der Waals surface area contributed by atoms with Crippen molar-refractivity contribution < 1.29 is 5.11 Å². The standard InChI is InChI=1S/C21H20BrN3OS/c1-24-16(13-27-12-15-5-3-2-4-6-15)9-17-18(11-25-8-7-23-14-25)21(26)19(22)10-20(17)24/h2-10,14,26H,11-13H2,1H3. The van der Waals surface area contributed by atoms with Crippen molar-refractivity contribution in [2.24, 2.45) is 7.05 Å². The minimum atomic E-state index is 0.297. The lowest BCUT2D eigenvalue weighted by atomic mass is 10.1. The van der Waals surface area contributed by atoms with Gasteiger partial charge in [-0.25, -0.2) is 4.98 Å². The largest absolute Gasteiger partial charge is 0.506 e. The second-order valence-corrected chi connectivity index (χ2v) is 8.37. The maximum Gasteiger partial charge on any atom is 0.135 e. The number of aryl methyl sites for hydroxylation is 1. The molecule has 2 aromatic heterocycles. The zero-order chi connectivity index (χ0) is 18.8. The number of aromatic hydroxyl groups is 1. The molecule has 2 aromatic carbocycles. The molecular formula is C21H20BrN3OS. The molecule has 0 atom stereocenters. The third-order valence-corrected chi connectivity index (χ3v) is 6.38. The van der Waals surface area contributed by atoms with Crippen LogP contribution in [0.3, 0.4) is 0 Å². The van der Waals surface area contributed by atoms with E-state index in [1.807, 2.05) is 34.7 Å². The number of imidazole rings is 1. The summed E-state index contributed by atoms with van der Waals surface area (Å²) in [6.07, 6.45) is 5.43. The van der Waals surface area contributed by atoms with Crippen LogP contribution in [0, 0.1) is 0 Å². The van der Waals surface area contributed by atoms with E-state index in [0.29, 0.717) is 12.3 Å². The summed E-state index contributed by atoms with van der Waals surface area (Å²) in [5.41, 5.74) is 4.61. The number of phenolic OH excluding ortho intramolecular Hbond substituents is 1. The number of rotatable bonds is 6. The van der Waals surface area contributed by atoms with Gasteiger partial charge in [0.1, 0.15) is 5.75 Å². The van der Waals surface area contributed by atoms with Gasteiger partial charge in [0.2, 0.25) is 0 Å². The summed E-state index contributed by atoms with van der Waals surface area (Å²) < 4.78 is 4.90. The normalized spacial score (nSPS) is 11.3. The molecule has 0 spiro atoms. The van der Waals surface area contributed by atoms with Gasteiger partial charge in [-0.2, -0.15) is 11.8 Å². The van der Waals surface area contributed by atoms with Crippen molar-refractivity contribution in [2.45, 2.75) is 18.1 Å². The van der Waals surface area contributed by atoms with Gasteiger partial charge in [0.15, 0.2) is 0 Å². The molecule has 0 radical (unpaired) electrons. The molecular weight excluding hydrogens is 422 g/mol. The molecule has 0 aliphatic carbocycles. The molecule has 0 unspecified atom stereocenters. The second-order valence-electron chi connectivity index (χ2n) is 6.53. The number of fused-ring (bicyclic) bond motifs is 1. The van der Waals surface area contributed by atoms with Crippen LogP contribution in [0.2, 0.25) is 0 Å². The third-order valence-electron chi connectivity index (χ3n) is 4.74. The van der Waals surface area contributed by atoms with Crippen molar-refractivity contribution in [3.8, 4) is 5.75 Å². The zero-order valence-corrected chi connectivity index (χ0v) is 17.4. The minimum Gasteiger partial charge on any atom is -0.506 e. The van der Waals surface area contributed by atoms with Crippen molar-refractivity contribution in [1.29, 1.82) is 0 Å². The van der Waals surface area contributed by atoms with Gasteiger partial charge in [-0.15, -0.1) is 0 Å². The van der Waals surface area contributed by atoms with E-state index in [4.69, 9.17) is 0 Å². The van der Waals surface area contributed by atoms with Crippen LogP contribution in [0.25, 0.3) is 10.9 Å². The van der Waals surface area contributed by atoms with Crippen LogP contribution in [0.4, 0.5) is 0 Å². The molecule has 0 amide bonds. The van der Waals surface area contributed by atoms with E-state index in [-0.39, 0.29) is 0 Å². The summed E-state index contributed by atoms with van der Waals surface area (Å²) in [5.74, 6) is 2.20. The number of hydrogen-bond acceptors (Lipinski definition) is 3.